The molecule has 11 N–H and O–H groups in total. The second-order valence-electron chi connectivity index (χ2n) is 9.52. The lowest BCUT2D eigenvalue weighted by Crippen LogP contribution is -2.11. The Hall–Kier alpha value is -1.51. The standard InChI is InChI=1S/C22H23S.6FH2O3P/c1-22(2,3)18-14-16-21(17-15-18)23(19-10-6-4-7-11-19)20-12-8-5-9-13-20;6*1-5(2,3)4/h4-17H,1-3H3;6*(H2,2,3,4)/q+1;;;;;;/p-1. The molecule has 0 amide bonds. The molecular formula is C22H34F6O18P6S. The van der Waals surface area contributed by atoms with Crippen LogP contribution in [-0.2, 0) is 43.7 Å². The highest BCUT2D eigenvalue weighted by Crippen LogP contribution is 2.37. The molecule has 18 nitrogen and oxygen atoms in total. The van der Waals surface area contributed by atoms with Gasteiger partial charge in [-0.2, -0.15) is 4.20 Å². The SMILES string of the molecule is CC(C)(C)c1ccc([S+](c2ccccc2)c2ccccc2)cc1.O=P(O)(O)F.O=P(O)(O)F.O=P(O)(O)F.O=P(O)(O)F.O=P(O)(O)F.O=P([O-])(O)F. The van der Waals surface area contributed by atoms with Gasteiger partial charge in [-0.15, -0.1) is 21.0 Å². The van der Waals surface area contributed by atoms with Gasteiger partial charge in [-0.05, 0) is 47.4 Å². The second-order valence-corrected chi connectivity index (χ2v) is 17.2. The molecule has 0 aliphatic heterocycles. The van der Waals surface area contributed by atoms with Crippen molar-refractivity contribution in [2.45, 2.75) is 40.9 Å². The molecular weight excluding hydrogens is 884 g/mol. The van der Waals surface area contributed by atoms with Crippen molar-refractivity contribution in [1.82, 2.24) is 0 Å². The monoisotopic (exact) mass is 918 g/mol. The van der Waals surface area contributed by atoms with E-state index in [9.17, 15) is 25.2 Å². The minimum atomic E-state index is -5.39. The van der Waals surface area contributed by atoms with E-state index in [1.807, 2.05) is 0 Å². The van der Waals surface area contributed by atoms with Crippen molar-refractivity contribution in [2.75, 3.05) is 0 Å². The minimum absolute atomic E-state index is 0.0497. The molecule has 0 heterocycles. The lowest BCUT2D eigenvalue weighted by molar-refractivity contribution is -0.206. The predicted molar refractivity (Wildman–Crippen MR) is 177 cm³/mol. The highest BCUT2D eigenvalue weighted by molar-refractivity contribution is 7.97. The fourth-order valence-corrected chi connectivity index (χ4v) is 4.70. The summed E-state index contributed by atoms with van der Waals surface area (Å²) in [5, 5.41) is 0. The van der Waals surface area contributed by atoms with Gasteiger partial charge in [-0.3, -0.25) is 53.5 Å². The number of halogens is 6. The number of benzene rings is 3. The van der Waals surface area contributed by atoms with Crippen molar-refractivity contribution < 1.29 is 111 Å². The van der Waals surface area contributed by atoms with Crippen LogP contribution >= 0.6 is 47.4 Å². The van der Waals surface area contributed by atoms with Gasteiger partial charge in [-0.1, -0.05) is 69.3 Å². The molecule has 0 aromatic heterocycles. The van der Waals surface area contributed by atoms with Crippen molar-refractivity contribution in [3.63, 3.8) is 0 Å². The van der Waals surface area contributed by atoms with Crippen LogP contribution in [0.1, 0.15) is 26.3 Å². The fraction of sp³-hybridized carbons (Fsp3) is 0.182. The Morgan fingerprint density at radius 3 is 0.774 bits per heavy atom. The van der Waals surface area contributed by atoms with E-state index in [2.05, 4.69) is 106 Å². The number of hydrogen-bond donors (Lipinski definition) is 11. The van der Waals surface area contributed by atoms with E-state index in [-0.39, 0.29) is 16.3 Å². The van der Waals surface area contributed by atoms with Crippen LogP contribution in [0.25, 0.3) is 0 Å². The summed E-state index contributed by atoms with van der Waals surface area (Å²) in [7, 11) is -31.1. The summed E-state index contributed by atoms with van der Waals surface area (Å²) < 4.78 is 114. The second kappa shape index (κ2) is 25.6. The number of hydrogen-bond acceptors (Lipinski definition) is 7. The number of rotatable bonds is 3. The average Bonchev–Trinajstić information content (AvgIpc) is 2.84. The van der Waals surface area contributed by atoms with Gasteiger partial charge in [0.1, 0.15) is 0 Å². The predicted octanol–water partition coefficient (Wildman–Crippen LogP) is 5.74. The topological polar surface area (TPSA) is 348 Å². The van der Waals surface area contributed by atoms with E-state index < -0.39 is 47.4 Å². The Morgan fingerprint density at radius 1 is 0.434 bits per heavy atom. The lowest BCUT2D eigenvalue weighted by Gasteiger charge is -2.19. The zero-order chi connectivity index (χ0) is 43.3. The molecule has 31 heteroatoms. The summed E-state index contributed by atoms with van der Waals surface area (Å²) in [5.74, 6) is 0. The Bertz CT molecular complexity index is 1480. The van der Waals surface area contributed by atoms with E-state index in [1.54, 1.807) is 0 Å². The average molecular weight is 918 g/mol. The summed E-state index contributed by atoms with van der Waals surface area (Å²) in [5.41, 5.74) is 1.57. The molecule has 0 spiro atoms. The van der Waals surface area contributed by atoms with Crippen LogP contribution in [0.15, 0.2) is 99.6 Å². The fourth-order valence-electron chi connectivity index (χ4n) is 2.61. The zero-order valence-corrected chi connectivity index (χ0v) is 32.9. The van der Waals surface area contributed by atoms with E-state index in [0.717, 1.165) is 0 Å². The molecule has 1 unspecified atom stereocenters. The van der Waals surface area contributed by atoms with Gasteiger partial charge in [0.05, 0.1) is 10.9 Å². The molecule has 0 radical (unpaired) electrons. The molecule has 0 aliphatic rings. The largest absolute Gasteiger partial charge is 0.753 e. The molecule has 3 aromatic carbocycles. The Kier molecular flexibility index (Phi) is 28.1. The first-order valence-corrected chi connectivity index (χ1v) is 22.7. The third-order valence-corrected chi connectivity index (χ3v) is 6.14. The van der Waals surface area contributed by atoms with Gasteiger partial charge >= 0.3 is 47.4 Å². The summed E-state index contributed by atoms with van der Waals surface area (Å²) in [6.07, 6.45) is 0. The summed E-state index contributed by atoms with van der Waals surface area (Å²) >= 11 is 0. The maximum atomic E-state index is 10.4. The molecule has 0 saturated heterocycles. The Labute approximate surface area is 300 Å². The molecule has 0 aliphatic carbocycles. The maximum absolute atomic E-state index is 10.4. The third-order valence-electron chi connectivity index (χ3n) is 3.91. The van der Waals surface area contributed by atoms with E-state index in [4.69, 9.17) is 86.1 Å². The van der Waals surface area contributed by atoms with Gasteiger partial charge in [0.25, 0.3) is 0 Å². The van der Waals surface area contributed by atoms with Crippen LogP contribution < -0.4 is 4.89 Å². The van der Waals surface area contributed by atoms with Crippen LogP contribution in [0.5, 0.6) is 0 Å². The van der Waals surface area contributed by atoms with Gasteiger partial charge in [0.2, 0.25) is 0 Å². The van der Waals surface area contributed by atoms with Gasteiger partial charge < -0.3 is 9.79 Å². The van der Waals surface area contributed by atoms with Crippen molar-refractivity contribution in [3.8, 4) is 0 Å². The first-order chi connectivity index (χ1) is 23.1. The first kappa shape index (κ1) is 58.2. The Balaban J connectivity index is -0.000000327. The van der Waals surface area contributed by atoms with E-state index in [1.165, 1.54) is 20.2 Å². The van der Waals surface area contributed by atoms with Crippen LogP contribution in [0.4, 0.5) is 25.2 Å². The zero-order valence-electron chi connectivity index (χ0n) is 26.7. The van der Waals surface area contributed by atoms with Gasteiger partial charge in [0.15, 0.2) is 14.7 Å². The lowest BCUT2D eigenvalue weighted by atomic mass is 9.87. The quantitative estimate of drug-likeness (QED) is 0.0847. The molecule has 0 fully saturated rings. The molecule has 1 atom stereocenters. The highest BCUT2D eigenvalue weighted by atomic mass is 32.2. The van der Waals surface area contributed by atoms with E-state index in [0.29, 0.717) is 0 Å². The molecule has 0 saturated carbocycles. The van der Waals surface area contributed by atoms with Crippen molar-refractivity contribution >= 4 is 58.3 Å². The van der Waals surface area contributed by atoms with Gasteiger partial charge in [0, 0.05) is 0 Å². The minimum Gasteiger partial charge on any atom is -0.753 e. The smallest absolute Gasteiger partial charge is 0.507 e. The molecule has 308 valence electrons. The highest BCUT2D eigenvalue weighted by Gasteiger charge is 2.28. The molecule has 3 aromatic rings. The maximum Gasteiger partial charge on any atom is 0.507 e. The van der Waals surface area contributed by atoms with Crippen molar-refractivity contribution in [1.29, 1.82) is 0 Å². The summed E-state index contributed by atoms with van der Waals surface area (Å²) in [6.45, 7) is 6.78. The van der Waals surface area contributed by atoms with Crippen molar-refractivity contribution in [2.24, 2.45) is 0 Å². The first-order valence-electron chi connectivity index (χ1n) is 12.5. The molecule has 0 bridgehead atoms. The third kappa shape index (κ3) is 65.8. The Morgan fingerprint density at radius 2 is 0.604 bits per heavy atom. The molecule has 3 rings (SSSR count). The molecule has 53 heavy (non-hydrogen) atoms. The van der Waals surface area contributed by atoms with E-state index >= 15 is 0 Å². The van der Waals surface area contributed by atoms with Crippen molar-refractivity contribution in [3.05, 3.63) is 90.5 Å². The van der Waals surface area contributed by atoms with Gasteiger partial charge in [-0.25, -0.2) is 22.8 Å². The summed E-state index contributed by atoms with van der Waals surface area (Å²) in [4.78, 5) is 89.2. The summed E-state index contributed by atoms with van der Waals surface area (Å²) in [6, 6.07) is 30.7. The van der Waals surface area contributed by atoms with Crippen LogP contribution in [0.2, 0.25) is 0 Å². The normalized spacial score (nSPS) is 12.6. The van der Waals surface area contributed by atoms with Crippen LogP contribution in [-0.4, -0.2) is 53.8 Å². The van der Waals surface area contributed by atoms with Crippen LogP contribution in [0, 0.1) is 0 Å². The van der Waals surface area contributed by atoms with Crippen LogP contribution in [0.3, 0.4) is 0 Å².